The van der Waals surface area contributed by atoms with E-state index in [-0.39, 0.29) is 54.3 Å². The SMILES string of the molecule is CC(C)(C)Cc1cc2c3c(ncnc3c1)-c1[c-]c3ccccc3c(CC(C)(C)C)c1O2.CCC(CC)C(=O)/C=C(\O)C(CC)CC.[Ir]. The summed E-state index contributed by atoms with van der Waals surface area (Å²) in [6.07, 6.45) is 8.45. The molecule has 1 radical (unpaired) electrons. The van der Waals surface area contributed by atoms with Crippen LogP contribution in [0.4, 0.5) is 0 Å². The molecular formula is C41H53IrN2O3-. The summed E-state index contributed by atoms with van der Waals surface area (Å²) >= 11 is 0. The van der Waals surface area contributed by atoms with Crippen molar-refractivity contribution in [1.82, 2.24) is 9.97 Å². The van der Waals surface area contributed by atoms with Gasteiger partial charge >= 0.3 is 0 Å². The third-order valence-corrected chi connectivity index (χ3v) is 8.75. The van der Waals surface area contributed by atoms with Crippen LogP contribution in [0.3, 0.4) is 0 Å². The van der Waals surface area contributed by atoms with Crippen LogP contribution in [-0.4, -0.2) is 20.9 Å². The number of nitrogens with zero attached hydrogens (tertiary/aromatic N) is 2. The molecule has 6 heteroatoms. The fraction of sp³-hybridized carbons (Fsp3) is 0.488. The molecule has 0 bridgehead atoms. The van der Waals surface area contributed by atoms with E-state index in [9.17, 15) is 9.90 Å². The van der Waals surface area contributed by atoms with Crippen LogP contribution in [0.1, 0.15) is 106 Å². The number of ketones is 1. The Morgan fingerprint density at radius 1 is 0.894 bits per heavy atom. The summed E-state index contributed by atoms with van der Waals surface area (Å²) in [6.45, 7) is 21.7. The molecule has 4 aromatic rings. The summed E-state index contributed by atoms with van der Waals surface area (Å²) in [6, 6.07) is 16.4. The first-order valence-electron chi connectivity index (χ1n) is 17.1. The zero-order valence-electron chi connectivity index (χ0n) is 30.0. The first-order valence-corrected chi connectivity index (χ1v) is 17.1. The van der Waals surface area contributed by atoms with Gasteiger partial charge in [-0.2, -0.15) is 0 Å². The Balaban J connectivity index is 0.000000322. The molecule has 5 rings (SSSR count). The van der Waals surface area contributed by atoms with E-state index in [0.29, 0.717) is 0 Å². The second kappa shape index (κ2) is 15.9. The number of hydrogen-bond donors (Lipinski definition) is 1. The standard InChI is InChI=1S/C28H29N2O.C13H24O2.Ir/c1-27(2,3)14-17-11-22-24-23(12-17)31-26-20(25(24)30-16-29-22)13-18-9-7-8-10-19(18)21(26)15-28(4,5)6;1-5-10(6-2)12(14)9-13(15)11(7-3)8-4;/h7-12,16H,14-15H2,1-6H3;9-11,14H,5-8H2,1-4H3;/q-1;;/b;12-9-;. The smallest absolute Gasteiger partial charge is 0.162 e. The molecule has 2 heterocycles. The second-order valence-electron chi connectivity index (χ2n) is 15.1. The summed E-state index contributed by atoms with van der Waals surface area (Å²) in [5.41, 5.74) is 5.58. The predicted octanol–water partition coefficient (Wildman–Crippen LogP) is 11.4. The molecule has 0 fully saturated rings. The van der Waals surface area contributed by atoms with Crippen molar-refractivity contribution in [3.8, 4) is 22.8 Å². The number of rotatable bonds is 9. The molecule has 1 aromatic heterocycles. The quantitative estimate of drug-likeness (QED) is 0.0912. The average Bonchev–Trinajstić information content (AvgIpc) is 2.97. The van der Waals surface area contributed by atoms with Crippen LogP contribution in [0.25, 0.3) is 32.9 Å². The van der Waals surface area contributed by atoms with Gasteiger partial charge in [0.05, 0.1) is 17.0 Å². The van der Waals surface area contributed by atoms with Crippen molar-refractivity contribution >= 4 is 27.5 Å². The van der Waals surface area contributed by atoms with Crippen LogP contribution in [0.15, 0.2) is 54.6 Å². The van der Waals surface area contributed by atoms with E-state index in [0.717, 1.165) is 77.6 Å². The zero-order valence-corrected chi connectivity index (χ0v) is 32.4. The molecular weight excluding hydrogens is 761 g/mol. The molecule has 0 spiro atoms. The fourth-order valence-corrected chi connectivity index (χ4v) is 6.39. The Morgan fingerprint density at radius 3 is 2.11 bits per heavy atom. The van der Waals surface area contributed by atoms with Crippen molar-refractivity contribution in [1.29, 1.82) is 0 Å². The monoisotopic (exact) mass is 814 g/mol. The Bertz CT molecular complexity index is 1720. The van der Waals surface area contributed by atoms with Gasteiger partial charge in [-0.3, -0.25) is 9.78 Å². The topological polar surface area (TPSA) is 72.3 Å². The summed E-state index contributed by atoms with van der Waals surface area (Å²) in [5, 5.41) is 13.1. The number of aromatic nitrogens is 2. The molecule has 1 aliphatic rings. The van der Waals surface area contributed by atoms with Gasteiger partial charge in [0.25, 0.3) is 0 Å². The van der Waals surface area contributed by atoms with E-state index < -0.39 is 0 Å². The Hall–Kier alpha value is -3.08. The summed E-state index contributed by atoms with van der Waals surface area (Å²) in [5.74, 6) is 2.30. The van der Waals surface area contributed by atoms with Crippen LogP contribution >= 0.6 is 0 Å². The van der Waals surface area contributed by atoms with Gasteiger partial charge in [0.15, 0.2) is 5.78 Å². The number of aliphatic hydroxyl groups excluding tert-OH is 1. The number of carbonyl (C=O) groups excluding carboxylic acids is 1. The van der Waals surface area contributed by atoms with E-state index in [2.05, 4.69) is 89.0 Å². The average molecular weight is 814 g/mol. The molecule has 47 heavy (non-hydrogen) atoms. The van der Waals surface area contributed by atoms with Gasteiger partial charge in [-0.25, -0.2) is 4.98 Å². The largest absolute Gasteiger partial charge is 0.512 e. The molecule has 0 aliphatic carbocycles. The molecule has 0 atom stereocenters. The zero-order chi connectivity index (χ0) is 33.8. The normalized spacial score (nSPS) is 12.8. The molecule has 0 unspecified atom stereocenters. The Labute approximate surface area is 296 Å². The van der Waals surface area contributed by atoms with Crippen LogP contribution in [0.2, 0.25) is 0 Å². The first-order chi connectivity index (χ1) is 21.7. The molecule has 3 aromatic carbocycles. The van der Waals surface area contributed by atoms with Crippen LogP contribution in [0, 0.1) is 28.7 Å². The van der Waals surface area contributed by atoms with Crippen molar-refractivity contribution < 1.29 is 34.7 Å². The minimum atomic E-state index is 0. The third-order valence-electron chi connectivity index (χ3n) is 8.75. The van der Waals surface area contributed by atoms with Crippen molar-refractivity contribution in [2.75, 3.05) is 0 Å². The number of fused-ring (bicyclic) bond motifs is 3. The second-order valence-corrected chi connectivity index (χ2v) is 15.1. The van der Waals surface area contributed by atoms with Crippen molar-refractivity contribution in [2.45, 2.75) is 108 Å². The van der Waals surface area contributed by atoms with E-state index in [1.54, 1.807) is 6.33 Å². The van der Waals surface area contributed by atoms with Crippen molar-refractivity contribution in [3.63, 3.8) is 0 Å². The summed E-state index contributed by atoms with van der Waals surface area (Å²) in [4.78, 5) is 21.0. The van der Waals surface area contributed by atoms with Crippen LogP contribution in [-0.2, 0) is 37.7 Å². The fourth-order valence-electron chi connectivity index (χ4n) is 6.39. The van der Waals surface area contributed by atoms with Gasteiger partial charge in [0, 0.05) is 49.1 Å². The Kier molecular flexibility index (Phi) is 13.0. The molecule has 0 saturated carbocycles. The van der Waals surface area contributed by atoms with E-state index in [1.165, 1.54) is 22.6 Å². The number of benzene rings is 3. The number of allylic oxidation sites excluding steroid dienone is 2. The first kappa shape index (κ1) is 38.4. The molecule has 1 N–H and O–H groups in total. The Morgan fingerprint density at radius 2 is 1.51 bits per heavy atom. The minimum absolute atomic E-state index is 0. The maximum absolute atomic E-state index is 11.7. The number of ether oxygens (including phenoxy) is 1. The van der Waals surface area contributed by atoms with Crippen LogP contribution in [0.5, 0.6) is 11.5 Å². The van der Waals surface area contributed by atoms with Gasteiger partial charge < -0.3 is 9.84 Å². The van der Waals surface area contributed by atoms with Crippen molar-refractivity contribution in [2.24, 2.45) is 22.7 Å². The minimum Gasteiger partial charge on any atom is -0.512 e. The molecule has 0 saturated heterocycles. The van der Waals surface area contributed by atoms with Gasteiger partial charge in [-0.1, -0.05) is 104 Å². The van der Waals surface area contributed by atoms with Crippen molar-refractivity contribution in [3.05, 3.63) is 71.8 Å². The van der Waals surface area contributed by atoms with Crippen LogP contribution < -0.4 is 4.74 Å². The maximum atomic E-state index is 11.7. The van der Waals surface area contributed by atoms with Gasteiger partial charge in [-0.15, -0.1) is 17.5 Å². The summed E-state index contributed by atoms with van der Waals surface area (Å²) < 4.78 is 6.68. The van der Waals surface area contributed by atoms with Gasteiger partial charge in [-0.05, 0) is 67.1 Å². The predicted molar refractivity (Wildman–Crippen MR) is 192 cm³/mol. The molecule has 5 nitrogen and oxygen atoms in total. The van der Waals surface area contributed by atoms with E-state index >= 15 is 0 Å². The molecule has 0 amide bonds. The molecule has 255 valence electrons. The van der Waals surface area contributed by atoms with E-state index in [1.807, 2.05) is 27.7 Å². The number of aliphatic hydroxyl groups is 1. The third kappa shape index (κ3) is 9.30. The van der Waals surface area contributed by atoms with Gasteiger partial charge in [0.1, 0.15) is 12.1 Å². The van der Waals surface area contributed by atoms with Gasteiger partial charge in [0.2, 0.25) is 0 Å². The maximum Gasteiger partial charge on any atom is 0.162 e. The summed E-state index contributed by atoms with van der Waals surface area (Å²) in [7, 11) is 0. The van der Waals surface area contributed by atoms with E-state index in [4.69, 9.17) is 9.72 Å². The molecule has 1 aliphatic heterocycles. The number of hydrogen-bond acceptors (Lipinski definition) is 5. The number of carbonyl (C=O) groups is 1.